The van der Waals surface area contributed by atoms with Crippen molar-refractivity contribution in [2.24, 2.45) is 5.92 Å². The molecular weight excluding hydrogens is 282 g/mol. The maximum atomic E-state index is 11.9. The summed E-state index contributed by atoms with van der Waals surface area (Å²) in [5.41, 5.74) is 0.748. The van der Waals surface area contributed by atoms with Gasteiger partial charge in [-0.3, -0.25) is 4.79 Å². The summed E-state index contributed by atoms with van der Waals surface area (Å²) < 4.78 is 5.98. The Hall–Kier alpha value is -1.03. The van der Waals surface area contributed by atoms with E-state index >= 15 is 0 Å². The van der Waals surface area contributed by atoms with Crippen LogP contribution in [-0.4, -0.2) is 13.0 Å². The Bertz CT molecular complexity index is 393. The molecule has 0 heterocycles. The van der Waals surface area contributed by atoms with Crippen LogP contribution in [0.2, 0.25) is 0 Å². The van der Waals surface area contributed by atoms with Gasteiger partial charge in [0.15, 0.2) is 0 Å². The quantitative estimate of drug-likeness (QED) is 0.897. The molecule has 3 nitrogen and oxygen atoms in total. The predicted octanol–water partition coefficient (Wildman–Crippen LogP) is 3.83. The third-order valence-electron chi connectivity index (χ3n) is 2.60. The number of hydrogen-bond acceptors (Lipinski definition) is 2. The molecule has 1 N–H and O–H groups in total. The minimum absolute atomic E-state index is 0.0260. The summed E-state index contributed by atoms with van der Waals surface area (Å²) in [6.07, 6.45) is 1.90. The number of methoxy groups -OCH3 is 1. The third-order valence-corrected chi connectivity index (χ3v) is 3.29. The summed E-state index contributed by atoms with van der Waals surface area (Å²) in [5.74, 6) is 0.797. The number of carbonyl (C=O) groups excluding carboxylic acids is 1. The molecule has 0 saturated carbocycles. The van der Waals surface area contributed by atoms with Crippen LogP contribution in [0.3, 0.4) is 0 Å². The van der Waals surface area contributed by atoms with Gasteiger partial charge in [-0.15, -0.1) is 0 Å². The summed E-state index contributed by atoms with van der Waals surface area (Å²) >= 11 is 3.41. The molecule has 1 rings (SSSR count). The van der Waals surface area contributed by atoms with Gasteiger partial charge in [-0.1, -0.05) is 20.3 Å². The molecular formula is C13H18BrNO2. The van der Waals surface area contributed by atoms with Crippen LogP contribution in [0, 0.1) is 5.92 Å². The number of nitrogens with one attached hydrogen (secondary N) is 1. The van der Waals surface area contributed by atoms with Crippen LogP contribution in [-0.2, 0) is 4.79 Å². The van der Waals surface area contributed by atoms with Crippen molar-refractivity contribution in [3.05, 3.63) is 22.7 Å². The molecule has 0 saturated heterocycles. The molecule has 0 radical (unpaired) electrons. The lowest BCUT2D eigenvalue weighted by molar-refractivity contribution is -0.119. The molecule has 0 fully saturated rings. The summed E-state index contributed by atoms with van der Waals surface area (Å²) in [5, 5.41) is 2.90. The number of hydrogen-bond donors (Lipinski definition) is 1. The van der Waals surface area contributed by atoms with Gasteiger partial charge >= 0.3 is 0 Å². The summed E-state index contributed by atoms with van der Waals surface area (Å²) in [6.45, 7) is 4.01. The normalized spacial score (nSPS) is 12.0. The van der Waals surface area contributed by atoms with Gasteiger partial charge in [0.05, 0.1) is 12.8 Å². The van der Waals surface area contributed by atoms with Crippen LogP contribution in [0.1, 0.15) is 26.7 Å². The first-order valence-corrected chi connectivity index (χ1v) is 6.52. The lowest BCUT2D eigenvalue weighted by Gasteiger charge is -2.13. The van der Waals surface area contributed by atoms with Crippen LogP contribution >= 0.6 is 15.9 Å². The largest absolute Gasteiger partial charge is 0.497 e. The smallest absolute Gasteiger partial charge is 0.227 e. The van der Waals surface area contributed by atoms with Crippen molar-refractivity contribution in [1.82, 2.24) is 0 Å². The number of carbonyl (C=O) groups is 1. The van der Waals surface area contributed by atoms with Crippen LogP contribution in [0.15, 0.2) is 22.7 Å². The molecule has 0 aliphatic rings. The first-order chi connectivity index (χ1) is 8.08. The summed E-state index contributed by atoms with van der Waals surface area (Å²) in [7, 11) is 1.61. The second-order valence-corrected chi connectivity index (χ2v) is 4.88. The highest BCUT2D eigenvalue weighted by Gasteiger charge is 2.13. The van der Waals surface area contributed by atoms with Crippen LogP contribution in [0.25, 0.3) is 0 Å². The molecule has 1 unspecified atom stereocenters. The van der Waals surface area contributed by atoms with Crippen LogP contribution in [0.5, 0.6) is 5.75 Å². The molecule has 0 bridgehead atoms. The zero-order valence-electron chi connectivity index (χ0n) is 10.4. The highest BCUT2D eigenvalue weighted by molar-refractivity contribution is 9.10. The highest BCUT2D eigenvalue weighted by atomic mass is 79.9. The van der Waals surface area contributed by atoms with E-state index in [1.165, 1.54) is 0 Å². The van der Waals surface area contributed by atoms with Crippen molar-refractivity contribution in [2.45, 2.75) is 26.7 Å². The Kier molecular flexibility index (Phi) is 5.48. The fourth-order valence-electron chi connectivity index (χ4n) is 1.55. The number of ether oxygens (including phenoxy) is 1. The maximum Gasteiger partial charge on any atom is 0.227 e. The van der Waals surface area contributed by atoms with E-state index in [4.69, 9.17) is 4.74 Å². The van der Waals surface area contributed by atoms with E-state index in [9.17, 15) is 4.79 Å². The lowest BCUT2D eigenvalue weighted by atomic mass is 10.1. The van der Waals surface area contributed by atoms with E-state index in [0.29, 0.717) is 0 Å². The topological polar surface area (TPSA) is 38.3 Å². The van der Waals surface area contributed by atoms with E-state index in [1.807, 2.05) is 19.1 Å². The fraction of sp³-hybridized carbons (Fsp3) is 0.462. The number of halogens is 1. The molecule has 0 spiro atoms. The Balaban J connectivity index is 2.76. The van der Waals surface area contributed by atoms with Crippen LogP contribution < -0.4 is 10.1 Å². The van der Waals surface area contributed by atoms with Crippen LogP contribution in [0.4, 0.5) is 5.69 Å². The second-order valence-electron chi connectivity index (χ2n) is 4.02. The molecule has 1 aromatic rings. The van der Waals surface area contributed by atoms with Gasteiger partial charge in [-0.25, -0.2) is 0 Å². The van der Waals surface area contributed by atoms with E-state index in [1.54, 1.807) is 13.2 Å². The van der Waals surface area contributed by atoms with E-state index in [-0.39, 0.29) is 11.8 Å². The number of benzene rings is 1. The van der Waals surface area contributed by atoms with Gasteiger partial charge in [0.25, 0.3) is 0 Å². The van der Waals surface area contributed by atoms with Gasteiger partial charge in [0.2, 0.25) is 5.91 Å². The van der Waals surface area contributed by atoms with E-state index in [0.717, 1.165) is 28.8 Å². The lowest BCUT2D eigenvalue weighted by Crippen LogP contribution is -2.20. The summed E-state index contributed by atoms with van der Waals surface area (Å²) in [6, 6.07) is 5.51. The number of anilines is 1. The van der Waals surface area contributed by atoms with Gasteiger partial charge in [0, 0.05) is 16.5 Å². The summed E-state index contributed by atoms with van der Waals surface area (Å²) in [4.78, 5) is 11.9. The Labute approximate surface area is 111 Å². The molecule has 94 valence electrons. The zero-order valence-corrected chi connectivity index (χ0v) is 12.0. The van der Waals surface area contributed by atoms with Crippen molar-refractivity contribution in [3.8, 4) is 5.75 Å². The monoisotopic (exact) mass is 299 g/mol. The van der Waals surface area contributed by atoms with Gasteiger partial charge in [0.1, 0.15) is 5.75 Å². The van der Waals surface area contributed by atoms with Gasteiger partial charge < -0.3 is 10.1 Å². The maximum absolute atomic E-state index is 11.9. The molecule has 1 aromatic carbocycles. The van der Waals surface area contributed by atoms with Crippen molar-refractivity contribution in [3.63, 3.8) is 0 Å². The van der Waals surface area contributed by atoms with Crippen molar-refractivity contribution < 1.29 is 9.53 Å². The van der Waals surface area contributed by atoms with Crippen molar-refractivity contribution in [1.29, 1.82) is 0 Å². The fourth-order valence-corrected chi connectivity index (χ4v) is 1.89. The van der Waals surface area contributed by atoms with Crippen molar-refractivity contribution in [2.75, 3.05) is 12.4 Å². The highest BCUT2D eigenvalue weighted by Crippen LogP contribution is 2.27. The van der Waals surface area contributed by atoms with Crippen molar-refractivity contribution >= 4 is 27.5 Å². The Morgan fingerprint density at radius 1 is 1.53 bits per heavy atom. The first kappa shape index (κ1) is 14.0. The predicted molar refractivity (Wildman–Crippen MR) is 73.4 cm³/mol. The van der Waals surface area contributed by atoms with Gasteiger partial charge in [-0.2, -0.15) is 0 Å². The Morgan fingerprint density at radius 3 is 2.82 bits per heavy atom. The SMILES string of the molecule is CCCC(C)C(=O)Nc1cc(OC)ccc1Br. The number of rotatable bonds is 5. The van der Waals surface area contributed by atoms with E-state index < -0.39 is 0 Å². The third kappa shape index (κ3) is 4.04. The average molecular weight is 300 g/mol. The molecule has 0 aliphatic heterocycles. The molecule has 4 heteroatoms. The molecule has 1 atom stereocenters. The minimum Gasteiger partial charge on any atom is -0.497 e. The zero-order chi connectivity index (χ0) is 12.8. The molecule has 0 aromatic heterocycles. The standard InChI is InChI=1S/C13H18BrNO2/c1-4-5-9(2)13(16)15-12-8-10(17-3)6-7-11(12)14/h6-9H,4-5H2,1-3H3,(H,15,16). The first-order valence-electron chi connectivity index (χ1n) is 5.72. The molecule has 0 aliphatic carbocycles. The minimum atomic E-state index is 0.0260. The molecule has 1 amide bonds. The second kappa shape index (κ2) is 6.64. The van der Waals surface area contributed by atoms with E-state index in [2.05, 4.69) is 28.2 Å². The molecule has 17 heavy (non-hydrogen) atoms. The average Bonchev–Trinajstić information content (AvgIpc) is 2.32. The van der Waals surface area contributed by atoms with Gasteiger partial charge in [-0.05, 0) is 34.5 Å². The Morgan fingerprint density at radius 2 is 2.24 bits per heavy atom. The number of amides is 1.